The Bertz CT molecular complexity index is 532. The van der Waals surface area contributed by atoms with E-state index in [0.717, 1.165) is 23.7 Å². The number of aliphatic imine (C=N–C) groups is 1. The predicted octanol–water partition coefficient (Wildman–Crippen LogP) is 2.68. The quantitative estimate of drug-likeness (QED) is 0.816. The molecule has 0 saturated carbocycles. The van der Waals surface area contributed by atoms with Gasteiger partial charge in [-0.2, -0.15) is 5.10 Å². The molecule has 2 aromatic rings. The van der Waals surface area contributed by atoms with E-state index < -0.39 is 0 Å². The van der Waals surface area contributed by atoms with Gasteiger partial charge < -0.3 is 5.11 Å². The highest BCUT2D eigenvalue weighted by atomic mass is 16.2. The number of aryl methyl sites for hydroxylation is 1. The van der Waals surface area contributed by atoms with E-state index in [1.807, 2.05) is 19.3 Å². The normalized spacial score (nSPS) is 10.8. The minimum atomic E-state index is 0.500. The number of fused-ring (bicyclic) bond motifs is 1. The van der Waals surface area contributed by atoms with Crippen LogP contribution in [0.2, 0.25) is 0 Å². The third-order valence-corrected chi connectivity index (χ3v) is 1.79. The smallest absolute Gasteiger partial charge is 0.111 e. The fourth-order valence-electron chi connectivity index (χ4n) is 1.27. The van der Waals surface area contributed by atoms with Crippen molar-refractivity contribution in [2.45, 2.75) is 27.7 Å². The van der Waals surface area contributed by atoms with Crippen LogP contribution in [0.25, 0.3) is 10.9 Å². The van der Waals surface area contributed by atoms with E-state index in [2.05, 4.69) is 42.8 Å². The molecule has 0 bridgehead atoms. The molecule has 5 nitrogen and oxygen atoms in total. The standard InChI is InChI=1S/C9H10N4.C5H12.CH4O/c1-10-4-8-3-7-6-13(2)12-9(7)5-11-8;1-5(2,3)4;1-2/h3-6H,1-2H3;1-4H3;2H,1H3. The largest absolute Gasteiger partial charge is 0.400 e. The molecule has 0 radical (unpaired) electrons. The summed E-state index contributed by atoms with van der Waals surface area (Å²) >= 11 is 0. The van der Waals surface area contributed by atoms with Crippen molar-refractivity contribution in [3.05, 3.63) is 24.2 Å². The second-order valence-electron chi connectivity index (χ2n) is 5.86. The average Bonchev–Trinajstić information content (AvgIpc) is 2.69. The lowest BCUT2D eigenvalue weighted by Gasteiger charge is -2.05. The van der Waals surface area contributed by atoms with E-state index in [0.29, 0.717) is 5.41 Å². The molecule has 0 aliphatic rings. The molecule has 0 aliphatic carbocycles. The molecule has 2 aromatic heterocycles. The Morgan fingerprint density at radius 3 is 2.30 bits per heavy atom. The average molecular weight is 278 g/mol. The summed E-state index contributed by atoms with van der Waals surface area (Å²) in [5.41, 5.74) is 2.28. The molecule has 0 atom stereocenters. The van der Waals surface area contributed by atoms with Crippen molar-refractivity contribution >= 4 is 17.1 Å². The molecule has 5 heteroatoms. The number of hydrogen-bond acceptors (Lipinski definition) is 4. The molecule has 1 N–H and O–H groups in total. The van der Waals surface area contributed by atoms with Gasteiger partial charge in [-0.15, -0.1) is 0 Å². The van der Waals surface area contributed by atoms with Crippen molar-refractivity contribution in [2.24, 2.45) is 17.5 Å². The van der Waals surface area contributed by atoms with E-state index in [-0.39, 0.29) is 0 Å². The molecule has 2 heterocycles. The second-order valence-corrected chi connectivity index (χ2v) is 5.86. The van der Waals surface area contributed by atoms with Crippen LogP contribution in [0, 0.1) is 5.41 Å². The number of aliphatic hydroxyl groups excluding tert-OH is 1. The number of rotatable bonds is 1. The summed E-state index contributed by atoms with van der Waals surface area (Å²) < 4.78 is 1.78. The summed E-state index contributed by atoms with van der Waals surface area (Å²) in [4.78, 5) is 8.09. The van der Waals surface area contributed by atoms with E-state index in [1.165, 1.54) is 0 Å². The van der Waals surface area contributed by atoms with Crippen molar-refractivity contribution in [1.29, 1.82) is 0 Å². The molecule has 0 aromatic carbocycles. The molecule has 112 valence electrons. The van der Waals surface area contributed by atoms with Gasteiger partial charge in [0.05, 0.1) is 11.9 Å². The summed E-state index contributed by atoms with van der Waals surface area (Å²) in [7, 11) is 4.63. The Labute approximate surface area is 121 Å². The summed E-state index contributed by atoms with van der Waals surface area (Å²) in [5.74, 6) is 0. The highest BCUT2D eigenvalue weighted by molar-refractivity contribution is 5.85. The van der Waals surface area contributed by atoms with Crippen molar-refractivity contribution in [1.82, 2.24) is 14.8 Å². The lowest BCUT2D eigenvalue weighted by molar-refractivity contribution is 0.399. The zero-order chi connectivity index (χ0) is 15.8. The van der Waals surface area contributed by atoms with E-state index in [1.54, 1.807) is 24.1 Å². The van der Waals surface area contributed by atoms with Gasteiger partial charge in [-0.25, -0.2) is 0 Å². The van der Waals surface area contributed by atoms with E-state index in [9.17, 15) is 0 Å². The third kappa shape index (κ3) is 7.63. The summed E-state index contributed by atoms with van der Waals surface area (Å²) in [6.45, 7) is 8.75. The van der Waals surface area contributed by atoms with Crippen LogP contribution in [-0.2, 0) is 7.05 Å². The molecule has 0 aliphatic heterocycles. The van der Waals surface area contributed by atoms with Crippen LogP contribution in [0.4, 0.5) is 0 Å². The zero-order valence-corrected chi connectivity index (χ0v) is 13.5. The molecule has 0 unspecified atom stereocenters. The number of nitrogens with zero attached hydrogens (tertiary/aromatic N) is 4. The lowest BCUT2D eigenvalue weighted by Crippen LogP contribution is -1.93. The molecular formula is C15H26N4O. The fourth-order valence-corrected chi connectivity index (χ4v) is 1.27. The van der Waals surface area contributed by atoms with Gasteiger partial charge in [0.15, 0.2) is 0 Å². The van der Waals surface area contributed by atoms with Gasteiger partial charge in [-0.1, -0.05) is 27.7 Å². The minimum absolute atomic E-state index is 0.500. The predicted molar refractivity (Wildman–Crippen MR) is 85.3 cm³/mol. The van der Waals surface area contributed by atoms with Gasteiger partial charge in [0, 0.05) is 39.0 Å². The van der Waals surface area contributed by atoms with Gasteiger partial charge in [-0.3, -0.25) is 14.7 Å². The first-order valence-electron chi connectivity index (χ1n) is 6.46. The molecule has 0 spiro atoms. The molecule has 0 saturated heterocycles. The maximum Gasteiger partial charge on any atom is 0.111 e. The van der Waals surface area contributed by atoms with E-state index in [4.69, 9.17) is 5.11 Å². The number of pyridine rings is 1. The Kier molecular flexibility index (Phi) is 7.69. The Balaban J connectivity index is 0.000000441. The van der Waals surface area contributed by atoms with Gasteiger partial charge in [0.1, 0.15) is 5.52 Å². The molecular weight excluding hydrogens is 252 g/mol. The zero-order valence-electron chi connectivity index (χ0n) is 13.5. The molecule has 20 heavy (non-hydrogen) atoms. The fraction of sp³-hybridized carbons (Fsp3) is 0.533. The summed E-state index contributed by atoms with van der Waals surface area (Å²) in [6, 6.07) is 1.97. The van der Waals surface area contributed by atoms with Crippen LogP contribution in [-0.4, -0.2) is 40.2 Å². The Morgan fingerprint density at radius 1 is 1.25 bits per heavy atom. The maximum atomic E-state index is 7.00. The second kappa shape index (κ2) is 8.43. The van der Waals surface area contributed by atoms with Crippen molar-refractivity contribution in [2.75, 3.05) is 14.2 Å². The van der Waals surface area contributed by atoms with Crippen molar-refractivity contribution < 1.29 is 5.11 Å². The van der Waals surface area contributed by atoms with Crippen LogP contribution in [0.15, 0.2) is 23.5 Å². The Morgan fingerprint density at radius 2 is 1.80 bits per heavy atom. The molecule has 0 amide bonds. The lowest BCUT2D eigenvalue weighted by atomic mass is 10.0. The first-order chi connectivity index (χ1) is 9.29. The van der Waals surface area contributed by atoms with Crippen LogP contribution in [0.1, 0.15) is 33.4 Å². The third-order valence-electron chi connectivity index (χ3n) is 1.79. The highest BCUT2D eigenvalue weighted by Crippen LogP contribution is 2.10. The number of aliphatic hydroxyl groups is 1. The van der Waals surface area contributed by atoms with Gasteiger partial charge in [-0.05, 0) is 11.5 Å². The summed E-state index contributed by atoms with van der Waals surface area (Å²) in [5, 5.41) is 12.3. The molecule has 0 fully saturated rings. The van der Waals surface area contributed by atoms with Gasteiger partial charge in [0.25, 0.3) is 0 Å². The van der Waals surface area contributed by atoms with Gasteiger partial charge in [0.2, 0.25) is 0 Å². The van der Waals surface area contributed by atoms with Crippen molar-refractivity contribution in [3.8, 4) is 0 Å². The Hall–Kier alpha value is -1.75. The summed E-state index contributed by atoms with van der Waals surface area (Å²) in [6.07, 6.45) is 5.45. The topological polar surface area (TPSA) is 63.3 Å². The first-order valence-corrected chi connectivity index (χ1v) is 6.46. The van der Waals surface area contributed by atoms with Crippen molar-refractivity contribution in [3.63, 3.8) is 0 Å². The number of aromatic nitrogens is 3. The van der Waals surface area contributed by atoms with Gasteiger partial charge >= 0.3 is 0 Å². The van der Waals surface area contributed by atoms with Crippen LogP contribution in [0.5, 0.6) is 0 Å². The van der Waals surface area contributed by atoms with Crippen LogP contribution in [0.3, 0.4) is 0 Å². The number of hydrogen-bond donors (Lipinski definition) is 1. The maximum absolute atomic E-state index is 7.00. The van der Waals surface area contributed by atoms with E-state index >= 15 is 0 Å². The highest BCUT2D eigenvalue weighted by Gasteiger charge is 1.98. The van der Waals surface area contributed by atoms with Crippen LogP contribution < -0.4 is 0 Å². The first kappa shape index (κ1) is 18.2. The molecule has 2 rings (SSSR count). The van der Waals surface area contributed by atoms with Crippen LogP contribution >= 0.6 is 0 Å². The minimum Gasteiger partial charge on any atom is -0.400 e. The monoisotopic (exact) mass is 278 g/mol. The SMILES string of the molecule is CC(C)(C)C.CN=Cc1cc2cn(C)nc2cn1.CO.